The second-order valence-electron chi connectivity index (χ2n) is 6.98. The zero-order valence-electron chi connectivity index (χ0n) is 14.0. The fourth-order valence-electron chi connectivity index (χ4n) is 3.86. The molecule has 1 aromatic carbocycles. The topological polar surface area (TPSA) is 64.2 Å². The first kappa shape index (κ1) is 16.3. The third-order valence-electron chi connectivity index (χ3n) is 5.41. The lowest BCUT2D eigenvalue weighted by molar-refractivity contribution is 0.233. The standard InChI is InChI=1S/C18H20BFN4O/c19-23-9-8-14-15(10-23)22-18(21)24(17(14)25)16(11-2-1-3-11)12-4-6-13(20)7-5-12/h4-7,11,16H,1-3,8-10H2,(H2,21,22). The lowest BCUT2D eigenvalue weighted by Gasteiger charge is -2.36. The van der Waals surface area contributed by atoms with Gasteiger partial charge in [0.25, 0.3) is 5.56 Å². The number of fused-ring (bicyclic) bond motifs is 1. The minimum atomic E-state index is -0.289. The molecule has 0 spiro atoms. The van der Waals surface area contributed by atoms with E-state index >= 15 is 0 Å². The normalized spacial score (nSPS) is 19.2. The minimum Gasteiger partial charge on any atom is -0.369 e. The number of nitrogens with two attached hydrogens (primary N) is 1. The first-order valence-corrected chi connectivity index (χ1v) is 8.69. The Labute approximate surface area is 147 Å². The van der Waals surface area contributed by atoms with Crippen LogP contribution in [0.1, 0.15) is 42.1 Å². The van der Waals surface area contributed by atoms with Crippen molar-refractivity contribution in [1.29, 1.82) is 0 Å². The summed E-state index contributed by atoms with van der Waals surface area (Å²) >= 11 is 0. The summed E-state index contributed by atoms with van der Waals surface area (Å²) < 4.78 is 15.0. The molecule has 1 fully saturated rings. The molecular weight excluding hydrogens is 318 g/mol. The Morgan fingerprint density at radius 3 is 2.64 bits per heavy atom. The summed E-state index contributed by atoms with van der Waals surface area (Å²) in [7, 11) is 5.84. The quantitative estimate of drug-likeness (QED) is 0.867. The zero-order valence-corrected chi connectivity index (χ0v) is 14.0. The van der Waals surface area contributed by atoms with Crippen LogP contribution in [-0.2, 0) is 13.0 Å². The maximum atomic E-state index is 13.3. The predicted molar refractivity (Wildman–Crippen MR) is 94.7 cm³/mol. The smallest absolute Gasteiger partial charge is 0.259 e. The molecule has 2 radical (unpaired) electrons. The first-order valence-electron chi connectivity index (χ1n) is 8.69. The van der Waals surface area contributed by atoms with E-state index in [1.54, 1.807) is 21.5 Å². The average molecular weight is 338 g/mol. The van der Waals surface area contributed by atoms with Gasteiger partial charge in [0.2, 0.25) is 5.95 Å². The van der Waals surface area contributed by atoms with Crippen molar-refractivity contribution < 1.29 is 4.39 Å². The number of anilines is 1. The molecule has 1 unspecified atom stereocenters. The molecule has 2 aromatic rings. The van der Waals surface area contributed by atoms with Crippen LogP contribution in [0.3, 0.4) is 0 Å². The van der Waals surface area contributed by atoms with Crippen LogP contribution in [0.5, 0.6) is 0 Å². The number of halogens is 1. The molecule has 5 nitrogen and oxygen atoms in total. The summed E-state index contributed by atoms with van der Waals surface area (Å²) in [5, 5.41) is 0. The van der Waals surface area contributed by atoms with E-state index in [0.717, 1.165) is 24.8 Å². The summed E-state index contributed by atoms with van der Waals surface area (Å²) in [6.07, 6.45) is 3.76. The van der Waals surface area contributed by atoms with Crippen molar-refractivity contribution in [2.75, 3.05) is 12.3 Å². The van der Waals surface area contributed by atoms with Crippen molar-refractivity contribution in [1.82, 2.24) is 14.4 Å². The molecule has 25 heavy (non-hydrogen) atoms. The molecular formula is C18H20BFN4O. The van der Waals surface area contributed by atoms with E-state index in [1.807, 2.05) is 0 Å². The highest BCUT2D eigenvalue weighted by Gasteiger charge is 2.33. The van der Waals surface area contributed by atoms with Crippen molar-refractivity contribution in [2.24, 2.45) is 5.92 Å². The van der Waals surface area contributed by atoms with E-state index in [0.29, 0.717) is 36.7 Å². The summed E-state index contributed by atoms with van der Waals surface area (Å²) in [4.78, 5) is 19.3. The monoisotopic (exact) mass is 338 g/mol. The number of benzene rings is 1. The lowest BCUT2D eigenvalue weighted by Crippen LogP contribution is -2.41. The molecule has 2 heterocycles. The molecule has 0 amide bonds. The van der Waals surface area contributed by atoms with Crippen molar-refractivity contribution in [3.8, 4) is 0 Å². The molecule has 0 saturated heterocycles. The van der Waals surface area contributed by atoms with E-state index in [1.165, 1.54) is 12.1 Å². The van der Waals surface area contributed by atoms with Crippen LogP contribution in [0.15, 0.2) is 29.1 Å². The van der Waals surface area contributed by atoms with E-state index in [9.17, 15) is 9.18 Å². The number of hydrogen-bond donors (Lipinski definition) is 1. The summed E-state index contributed by atoms with van der Waals surface area (Å²) in [5.41, 5.74) is 8.37. The number of hydrogen-bond acceptors (Lipinski definition) is 4. The molecule has 128 valence electrons. The molecule has 2 N–H and O–H groups in total. The van der Waals surface area contributed by atoms with Gasteiger partial charge in [-0.05, 0) is 49.4 Å². The van der Waals surface area contributed by atoms with Crippen LogP contribution < -0.4 is 11.3 Å². The molecule has 1 aliphatic carbocycles. The molecule has 1 atom stereocenters. The second-order valence-corrected chi connectivity index (χ2v) is 6.98. The third-order valence-corrected chi connectivity index (χ3v) is 5.41. The molecule has 1 aliphatic heterocycles. The van der Waals surface area contributed by atoms with Crippen molar-refractivity contribution >= 4 is 13.9 Å². The highest BCUT2D eigenvalue weighted by molar-refractivity contribution is 6.04. The van der Waals surface area contributed by atoms with Gasteiger partial charge in [0.1, 0.15) is 5.82 Å². The Morgan fingerprint density at radius 2 is 2.00 bits per heavy atom. The van der Waals surface area contributed by atoms with Crippen LogP contribution in [0.25, 0.3) is 0 Å². The highest BCUT2D eigenvalue weighted by Crippen LogP contribution is 2.40. The summed E-state index contributed by atoms with van der Waals surface area (Å²) in [5.74, 6) is 0.239. The fraction of sp³-hybridized carbons (Fsp3) is 0.444. The zero-order chi connectivity index (χ0) is 17.6. The van der Waals surface area contributed by atoms with Crippen LogP contribution in [0, 0.1) is 11.7 Å². The van der Waals surface area contributed by atoms with Crippen molar-refractivity contribution in [2.45, 2.75) is 38.3 Å². The second kappa shape index (κ2) is 6.30. The van der Waals surface area contributed by atoms with E-state index in [2.05, 4.69) is 4.98 Å². The number of rotatable bonds is 3. The van der Waals surface area contributed by atoms with E-state index < -0.39 is 0 Å². The largest absolute Gasteiger partial charge is 0.369 e. The average Bonchev–Trinajstić information content (AvgIpc) is 2.52. The Bertz CT molecular complexity index is 847. The Balaban J connectivity index is 1.85. The maximum absolute atomic E-state index is 13.3. The molecule has 7 heteroatoms. The summed E-state index contributed by atoms with van der Waals surface area (Å²) in [6, 6.07) is 6.15. The van der Waals surface area contributed by atoms with Gasteiger partial charge in [0, 0.05) is 12.1 Å². The van der Waals surface area contributed by atoms with Gasteiger partial charge in [0.15, 0.2) is 7.98 Å². The van der Waals surface area contributed by atoms with Gasteiger partial charge in [-0.2, -0.15) is 0 Å². The first-order chi connectivity index (χ1) is 12.0. The van der Waals surface area contributed by atoms with Crippen LogP contribution in [0.4, 0.5) is 10.3 Å². The molecule has 1 aromatic heterocycles. The maximum Gasteiger partial charge on any atom is 0.259 e. The number of nitrogens with zero attached hydrogens (tertiary/aromatic N) is 3. The van der Waals surface area contributed by atoms with Gasteiger partial charge in [-0.15, -0.1) is 0 Å². The van der Waals surface area contributed by atoms with E-state index in [4.69, 9.17) is 13.7 Å². The van der Waals surface area contributed by atoms with Crippen LogP contribution >= 0.6 is 0 Å². The highest BCUT2D eigenvalue weighted by atomic mass is 19.1. The molecule has 0 bridgehead atoms. The Morgan fingerprint density at radius 1 is 1.28 bits per heavy atom. The molecule has 4 rings (SSSR count). The Kier molecular flexibility index (Phi) is 4.11. The van der Waals surface area contributed by atoms with Crippen LogP contribution in [0.2, 0.25) is 0 Å². The van der Waals surface area contributed by atoms with E-state index in [-0.39, 0.29) is 23.4 Å². The van der Waals surface area contributed by atoms with Gasteiger partial charge < -0.3 is 10.5 Å². The summed E-state index contributed by atoms with van der Waals surface area (Å²) in [6.45, 7) is 1.05. The van der Waals surface area contributed by atoms with Crippen molar-refractivity contribution in [3.05, 3.63) is 57.3 Å². The SMILES string of the molecule is [B]N1CCc2c(nc(N)n(C(c3ccc(F)cc3)C3CCC3)c2=O)C1. The van der Waals surface area contributed by atoms with Gasteiger partial charge in [-0.25, -0.2) is 9.37 Å². The Hall–Kier alpha value is -2.15. The lowest BCUT2D eigenvalue weighted by atomic mass is 9.77. The number of nitrogen functional groups attached to an aromatic ring is 1. The third kappa shape index (κ3) is 2.86. The van der Waals surface area contributed by atoms with Crippen LogP contribution in [-0.4, -0.2) is 28.9 Å². The van der Waals surface area contributed by atoms with Crippen molar-refractivity contribution in [3.63, 3.8) is 0 Å². The van der Waals surface area contributed by atoms with Gasteiger partial charge in [-0.1, -0.05) is 18.6 Å². The molecule has 1 saturated carbocycles. The molecule has 2 aliphatic rings. The minimum absolute atomic E-state index is 0.0863. The predicted octanol–water partition coefficient (Wildman–Crippen LogP) is 1.80. The fourth-order valence-corrected chi connectivity index (χ4v) is 3.86. The van der Waals surface area contributed by atoms with Gasteiger partial charge in [0.05, 0.1) is 11.7 Å². The number of aromatic nitrogens is 2. The van der Waals surface area contributed by atoms with Gasteiger partial charge >= 0.3 is 0 Å². The van der Waals surface area contributed by atoms with Gasteiger partial charge in [-0.3, -0.25) is 9.36 Å².